The van der Waals surface area contributed by atoms with Gasteiger partial charge in [0.1, 0.15) is 17.4 Å². The molecule has 2 aromatic carbocycles. The zero-order chi connectivity index (χ0) is 17.6. The third-order valence-corrected chi connectivity index (χ3v) is 3.47. The molecule has 0 atom stereocenters. The number of carbonyl (C=O) groups excluding carboxylic acids is 1. The Kier molecular flexibility index (Phi) is 4.89. The molecule has 0 saturated heterocycles. The molecule has 0 unspecified atom stereocenters. The second-order valence-electron chi connectivity index (χ2n) is 5.22. The molecule has 25 heavy (non-hydrogen) atoms. The summed E-state index contributed by atoms with van der Waals surface area (Å²) >= 11 is 0. The van der Waals surface area contributed by atoms with Gasteiger partial charge in [-0.3, -0.25) is 4.79 Å². The molecule has 0 saturated carbocycles. The van der Waals surface area contributed by atoms with Crippen LogP contribution in [0.2, 0.25) is 0 Å². The van der Waals surface area contributed by atoms with E-state index >= 15 is 0 Å². The molecule has 0 bridgehead atoms. The fraction of sp³-hybridized carbons (Fsp3) is 0.0526. The van der Waals surface area contributed by atoms with Crippen LogP contribution in [0.15, 0.2) is 66.9 Å². The van der Waals surface area contributed by atoms with Gasteiger partial charge in [0.2, 0.25) is 0 Å². The Labute approximate surface area is 144 Å². The predicted molar refractivity (Wildman–Crippen MR) is 94.9 cm³/mol. The maximum absolute atomic E-state index is 13.3. The van der Waals surface area contributed by atoms with E-state index in [4.69, 9.17) is 4.74 Å². The van der Waals surface area contributed by atoms with E-state index in [2.05, 4.69) is 15.6 Å². The van der Waals surface area contributed by atoms with Crippen molar-refractivity contribution in [2.24, 2.45) is 0 Å². The van der Waals surface area contributed by atoms with Crippen LogP contribution in [0, 0.1) is 5.82 Å². The minimum Gasteiger partial charge on any atom is -0.497 e. The summed E-state index contributed by atoms with van der Waals surface area (Å²) < 4.78 is 18.5. The molecule has 126 valence electrons. The first-order valence-corrected chi connectivity index (χ1v) is 7.59. The molecule has 2 N–H and O–H groups in total. The number of nitrogens with zero attached hydrogens (tertiary/aromatic N) is 1. The minimum absolute atomic E-state index is 0.333. The topological polar surface area (TPSA) is 63.2 Å². The van der Waals surface area contributed by atoms with E-state index in [0.29, 0.717) is 28.5 Å². The van der Waals surface area contributed by atoms with E-state index in [1.165, 1.54) is 12.1 Å². The Balaban J connectivity index is 1.83. The van der Waals surface area contributed by atoms with Gasteiger partial charge < -0.3 is 15.4 Å². The first-order chi connectivity index (χ1) is 12.2. The molecule has 0 fully saturated rings. The fourth-order valence-corrected chi connectivity index (χ4v) is 2.29. The summed E-state index contributed by atoms with van der Waals surface area (Å²) in [5.74, 6) is 0.277. The molecular weight excluding hydrogens is 321 g/mol. The molecule has 0 aliphatic carbocycles. The number of aromatic nitrogens is 1. The molecule has 0 aliphatic heterocycles. The summed E-state index contributed by atoms with van der Waals surface area (Å²) in [6.45, 7) is 0. The molecule has 0 aliphatic rings. The van der Waals surface area contributed by atoms with Gasteiger partial charge in [-0.2, -0.15) is 0 Å². The zero-order valence-electron chi connectivity index (χ0n) is 13.5. The Morgan fingerprint density at radius 3 is 2.64 bits per heavy atom. The third kappa shape index (κ3) is 4.11. The van der Waals surface area contributed by atoms with Crippen LogP contribution < -0.4 is 15.4 Å². The standard InChI is InChI=1S/C19H16FN3O2/c1-25-16-8-3-7-15(12-16)23-19(24)17-9-4-10-21-18(17)22-14-6-2-5-13(20)11-14/h2-12H,1H3,(H,21,22)(H,23,24). The van der Waals surface area contributed by atoms with E-state index < -0.39 is 0 Å². The summed E-state index contributed by atoms with van der Waals surface area (Å²) in [7, 11) is 1.56. The van der Waals surface area contributed by atoms with Crippen LogP contribution in [-0.2, 0) is 0 Å². The van der Waals surface area contributed by atoms with Crippen molar-refractivity contribution in [2.75, 3.05) is 17.7 Å². The van der Waals surface area contributed by atoms with Crippen LogP contribution in [0.3, 0.4) is 0 Å². The number of ether oxygens (including phenoxy) is 1. The molecule has 1 aromatic heterocycles. The lowest BCUT2D eigenvalue weighted by Crippen LogP contribution is -2.14. The number of methoxy groups -OCH3 is 1. The first-order valence-electron chi connectivity index (χ1n) is 7.59. The molecule has 1 amide bonds. The zero-order valence-corrected chi connectivity index (χ0v) is 13.5. The quantitative estimate of drug-likeness (QED) is 0.731. The van der Waals surface area contributed by atoms with Crippen molar-refractivity contribution in [3.8, 4) is 5.75 Å². The van der Waals surface area contributed by atoms with E-state index in [-0.39, 0.29) is 11.7 Å². The van der Waals surface area contributed by atoms with E-state index in [0.717, 1.165) is 0 Å². The highest BCUT2D eigenvalue weighted by atomic mass is 19.1. The Bertz CT molecular complexity index is 899. The molecule has 5 nitrogen and oxygen atoms in total. The average Bonchev–Trinajstić information content (AvgIpc) is 2.62. The molecule has 3 aromatic rings. The van der Waals surface area contributed by atoms with Crippen molar-refractivity contribution in [3.05, 3.63) is 78.2 Å². The van der Waals surface area contributed by atoms with Crippen molar-refractivity contribution >= 4 is 23.1 Å². The summed E-state index contributed by atoms with van der Waals surface area (Å²) in [5, 5.41) is 5.76. The second-order valence-corrected chi connectivity index (χ2v) is 5.22. The second kappa shape index (κ2) is 7.44. The van der Waals surface area contributed by atoms with Crippen LogP contribution in [0.1, 0.15) is 10.4 Å². The van der Waals surface area contributed by atoms with Crippen LogP contribution >= 0.6 is 0 Å². The number of rotatable bonds is 5. The van der Waals surface area contributed by atoms with Gasteiger partial charge in [0.15, 0.2) is 0 Å². The number of benzene rings is 2. The molecule has 1 heterocycles. The number of hydrogen-bond acceptors (Lipinski definition) is 4. The van der Waals surface area contributed by atoms with Crippen molar-refractivity contribution in [1.82, 2.24) is 4.98 Å². The van der Waals surface area contributed by atoms with Crippen LogP contribution in [0.4, 0.5) is 21.6 Å². The number of amides is 1. The number of anilines is 3. The van der Waals surface area contributed by atoms with Crippen LogP contribution in [0.25, 0.3) is 0 Å². The first kappa shape index (κ1) is 16.4. The van der Waals surface area contributed by atoms with Gasteiger partial charge in [0.05, 0.1) is 12.7 Å². The molecule has 3 rings (SSSR count). The van der Waals surface area contributed by atoms with Gasteiger partial charge >= 0.3 is 0 Å². The van der Waals surface area contributed by atoms with Crippen LogP contribution in [-0.4, -0.2) is 18.0 Å². The van der Waals surface area contributed by atoms with Gasteiger partial charge in [-0.25, -0.2) is 9.37 Å². The highest BCUT2D eigenvalue weighted by molar-refractivity contribution is 6.07. The summed E-state index contributed by atoms with van der Waals surface area (Å²) in [5.41, 5.74) is 1.45. The maximum Gasteiger partial charge on any atom is 0.259 e. The lowest BCUT2D eigenvalue weighted by Gasteiger charge is -2.12. The number of halogens is 1. The van der Waals surface area contributed by atoms with Crippen molar-refractivity contribution in [2.45, 2.75) is 0 Å². The van der Waals surface area contributed by atoms with Gasteiger partial charge in [-0.1, -0.05) is 12.1 Å². The third-order valence-electron chi connectivity index (χ3n) is 3.47. The van der Waals surface area contributed by atoms with Crippen molar-refractivity contribution in [1.29, 1.82) is 0 Å². The molecule has 6 heteroatoms. The molecule has 0 radical (unpaired) electrons. The fourth-order valence-electron chi connectivity index (χ4n) is 2.29. The van der Waals surface area contributed by atoms with Gasteiger partial charge in [0.25, 0.3) is 5.91 Å². The number of nitrogens with one attached hydrogen (secondary N) is 2. The maximum atomic E-state index is 13.3. The average molecular weight is 337 g/mol. The van der Waals surface area contributed by atoms with E-state index in [1.54, 1.807) is 61.8 Å². The van der Waals surface area contributed by atoms with E-state index in [1.807, 2.05) is 0 Å². The Morgan fingerprint density at radius 2 is 1.84 bits per heavy atom. The Morgan fingerprint density at radius 1 is 1.04 bits per heavy atom. The number of hydrogen-bond donors (Lipinski definition) is 2. The molecule has 0 spiro atoms. The lowest BCUT2D eigenvalue weighted by molar-refractivity contribution is 0.102. The monoisotopic (exact) mass is 337 g/mol. The SMILES string of the molecule is COc1cccc(NC(=O)c2cccnc2Nc2cccc(F)c2)c1. The Hall–Kier alpha value is -3.41. The highest BCUT2D eigenvalue weighted by Gasteiger charge is 2.13. The largest absolute Gasteiger partial charge is 0.497 e. The van der Waals surface area contributed by atoms with E-state index in [9.17, 15) is 9.18 Å². The molecular formula is C19H16FN3O2. The summed E-state index contributed by atoms with van der Waals surface area (Å²) in [6, 6.07) is 16.3. The predicted octanol–water partition coefficient (Wildman–Crippen LogP) is 4.23. The van der Waals surface area contributed by atoms with Gasteiger partial charge in [-0.05, 0) is 42.5 Å². The van der Waals surface area contributed by atoms with Gasteiger partial charge in [0, 0.05) is 23.6 Å². The lowest BCUT2D eigenvalue weighted by atomic mass is 10.2. The van der Waals surface area contributed by atoms with Crippen molar-refractivity contribution < 1.29 is 13.9 Å². The summed E-state index contributed by atoms with van der Waals surface area (Å²) in [4.78, 5) is 16.8. The van der Waals surface area contributed by atoms with Crippen LogP contribution in [0.5, 0.6) is 5.75 Å². The normalized spacial score (nSPS) is 10.2. The van der Waals surface area contributed by atoms with Gasteiger partial charge in [-0.15, -0.1) is 0 Å². The smallest absolute Gasteiger partial charge is 0.259 e. The minimum atomic E-state index is -0.372. The summed E-state index contributed by atoms with van der Waals surface area (Å²) in [6.07, 6.45) is 1.56. The van der Waals surface area contributed by atoms with Crippen molar-refractivity contribution in [3.63, 3.8) is 0 Å². The number of carbonyl (C=O) groups is 1. The number of pyridine rings is 1. The highest BCUT2D eigenvalue weighted by Crippen LogP contribution is 2.22.